The molecular weight excluding hydrogens is 467 g/mol. The lowest BCUT2D eigenvalue weighted by Crippen LogP contribution is -2.46. The van der Waals surface area contributed by atoms with E-state index in [0.29, 0.717) is 17.3 Å². The minimum Gasteiger partial charge on any atom is -0.490 e. The molecule has 5 nitrogen and oxygen atoms in total. The Bertz CT molecular complexity index is 1220. The van der Waals surface area contributed by atoms with Gasteiger partial charge in [-0.1, -0.05) is 0 Å². The molecule has 1 aromatic heterocycles. The fourth-order valence-corrected chi connectivity index (χ4v) is 5.19. The second kappa shape index (κ2) is 9.81. The van der Waals surface area contributed by atoms with Crippen molar-refractivity contribution in [1.82, 2.24) is 9.58 Å². The van der Waals surface area contributed by atoms with Gasteiger partial charge in [0.25, 0.3) is 5.92 Å². The number of likely N-dealkylation sites (tertiary alicyclic amines) is 1. The number of nitrogens with zero attached hydrogens (tertiary/aromatic N) is 3. The Morgan fingerprint density at radius 3 is 2.28 bits per heavy atom. The van der Waals surface area contributed by atoms with Crippen molar-refractivity contribution in [1.29, 1.82) is 0 Å². The third-order valence-electron chi connectivity index (χ3n) is 7.35. The van der Waals surface area contributed by atoms with Crippen LogP contribution in [0, 0.1) is 5.82 Å². The van der Waals surface area contributed by atoms with Crippen LogP contribution in [0.1, 0.15) is 55.6 Å². The fraction of sp³-hybridized carbons (Fsp3) is 0.464. The molecule has 3 aromatic rings. The van der Waals surface area contributed by atoms with Crippen LogP contribution in [0.15, 0.2) is 48.5 Å². The SMILES string of the molecule is CC(C)N1CCC(Oc2ccc3c(c2)cc(C(=O)c2ccc(F)cc2)n3N2CCC(F)(F)CC2)CC1. The summed E-state index contributed by atoms with van der Waals surface area (Å²) >= 11 is 0. The lowest BCUT2D eigenvalue weighted by atomic mass is 10.1. The van der Waals surface area contributed by atoms with E-state index in [2.05, 4.69) is 18.7 Å². The molecule has 36 heavy (non-hydrogen) atoms. The largest absolute Gasteiger partial charge is 0.490 e. The van der Waals surface area contributed by atoms with E-state index >= 15 is 0 Å². The summed E-state index contributed by atoms with van der Waals surface area (Å²) in [5.41, 5.74) is 1.47. The molecule has 2 aliphatic rings. The molecule has 0 N–H and O–H groups in total. The molecule has 5 rings (SSSR count). The van der Waals surface area contributed by atoms with Crippen LogP contribution < -0.4 is 9.75 Å². The monoisotopic (exact) mass is 499 g/mol. The van der Waals surface area contributed by atoms with E-state index in [1.807, 2.05) is 18.2 Å². The van der Waals surface area contributed by atoms with E-state index < -0.39 is 11.7 Å². The number of halogens is 3. The van der Waals surface area contributed by atoms with Gasteiger partial charge in [0.05, 0.1) is 5.52 Å². The van der Waals surface area contributed by atoms with Crippen LogP contribution in [0.4, 0.5) is 13.2 Å². The van der Waals surface area contributed by atoms with E-state index in [9.17, 15) is 18.0 Å². The highest BCUT2D eigenvalue weighted by Gasteiger charge is 2.35. The first-order valence-electron chi connectivity index (χ1n) is 12.7. The molecule has 0 radical (unpaired) electrons. The molecule has 3 heterocycles. The maximum absolute atomic E-state index is 13.9. The normalized spacial score (nSPS) is 19.2. The first-order valence-corrected chi connectivity index (χ1v) is 12.7. The number of aromatic nitrogens is 1. The summed E-state index contributed by atoms with van der Waals surface area (Å²) in [5.74, 6) is -2.68. The highest BCUT2D eigenvalue weighted by molar-refractivity contribution is 6.10. The third-order valence-corrected chi connectivity index (χ3v) is 7.35. The lowest BCUT2D eigenvalue weighted by Gasteiger charge is -2.35. The molecule has 2 aromatic carbocycles. The van der Waals surface area contributed by atoms with Crippen LogP contribution in [0.3, 0.4) is 0 Å². The molecule has 2 saturated heterocycles. The number of alkyl halides is 2. The molecule has 0 bridgehead atoms. The van der Waals surface area contributed by atoms with Gasteiger partial charge in [-0.15, -0.1) is 0 Å². The molecular formula is C28H32F3N3O2. The first-order chi connectivity index (χ1) is 17.2. The Morgan fingerprint density at radius 1 is 0.972 bits per heavy atom. The minimum atomic E-state index is -2.70. The van der Waals surface area contributed by atoms with Crippen molar-refractivity contribution < 1.29 is 22.7 Å². The van der Waals surface area contributed by atoms with Crippen molar-refractivity contribution in [2.24, 2.45) is 0 Å². The van der Waals surface area contributed by atoms with Crippen molar-refractivity contribution in [3.63, 3.8) is 0 Å². The number of rotatable bonds is 6. The number of benzene rings is 2. The summed E-state index contributed by atoms with van der Waals surface area (Å²) in [5, 5.41) is 2.61. The van der Waals surface area contributed by atoms with Crippen LogP contribution in [0.2, 0.25) is 0 Å². The summed E-state index contributed by atoms with van der Waals surface area (Å²) in [7, 11) is 0. The number of carbonyl (C=O) groups excluding carboxylic acids is 1. The number of hydrogen-bond acceptors (Lipinski definition) is 4. The van der Waals surface area contributed by atoms with E-state index in [0.717, 1.165) is 42.6 Å². The maximum Gasteiger partial charge on any atom is 0.251 e. The van der Waals surface area contributed by atoms with Gasteiger partial charge >= 0.3 is 0 Å². The lowest BCUT2D eigenvalue weighted by molar-refractivity contribution is -0.0257. The van der Waals surface area contributed by atoms with Crippen LogP contribution >= 0.6 is 0 Å². The van der Waals surface area contributed by atoms with Crippen molar-refractivity contribution in [2.45, 2.75) is 57.6 Å². The van der Waals surface area contributed by atoms with Crippen molar-refractivity contribution in [2.75, 3.05) is 31.2 Å². The van der Waals surface area contributed by atoms with Crippen LogP contribution in [-0.2, 0) is 0 Å². The summed E-state index contributed by atoms with van der Waals surface area (Å²) in [6.07, 6.45) is 1.49. The summed E-state index contributed by atoms with van der Waals surface area (Å²) in [4.78, 5) is 15.9. The third kappa shape index (κ3) is 5.09. The van der Waals surface area contributed by atoms with Gasteiger partial charge in [0.1, 0.15) is 23.4 Å². The highest BCUT2D eigenvalue weighted by Crippen LogP contribution is 2.32. The quantitative estimate of drug-likeness (QED) is 0.412. The van der Waals surface area contributed by atoms with Crippen molar-refractivity contribution >= 4 is 16.7 Å². The Labute approximate surface area is 209 Å². The molecule has 0 unspecified atom stereocenters. The first kappa shape index (κ1) is 24.7. The van der Waals surface area contributed by atoms with Crippen LogP contribution in [-0.4, -0.2) is 59.6 Å². The average molecular weight is 500 g/mol. The number of fused-ring (bicyclic) bond motifs is 1. The topological polar surface area (TPSA) is 37.7 Å². The Morgan fingerprint density at radius 2 is 1.64 bits per heavy atom. The van der Waals surface area contributed by atoms with Gasteiger partial charge in [-0.25, -0.2) is 13.2 Å². The highest BCUT2D eigenvalue weighted by atomic mass is 19.3. The van der Waals surface area contributed by atoms with E-state index in [-0.39, 0.29) is 37.8 Å². The molecule has 0 aliphatic carbocycles. The van der Waals surface area contributed by atoms with Gasteiger partial charge in [0.15, 0.2) is 0 Å². The van der Waals surface area contributed by atoms with E-state index in [1.54, 1.807) is 15.8 Å². The van der Waals surface area contributed by atoms with Gasteiger partial charge in [-0.2, -0.15) is 0 Å². The Kier molecular flexibility index (Phi) is 6.72. The number of carbonyl (C=O) groups is 1. The molecule has 192 valence electrons. The summed E-state index contributed by atoms with van der Waals surface area (Å²) in [6.45, 7) is 6.66. The number of ketones is 1. The Balaban J connectivity index is 1.45. The minimum absolute atomic E-state index is 0.129. The maximum atomic E-state index is 13.9. The molecule has 2 fully saturated rings. The van der Waals surface area contributed by atoms with Gasteiger partial charge in [-0.3, -0.25) is 9.47 Å². The standard InChI is InChI=1S/C28H32F3N3O2/c1-19(2)32-13-9-23(10-14-32)36-24-7-8-25-21(17-24)18-26(27(35)20-3-5-22(29)6-4-20)34(25)33-15-11-28(30,31)12-16-33/h3-8,17-19,23H,9-16H2,1-2H3. The molecule has 0 atom stereocenters. The predicted octanol–water partition coefficient (Wildman–Crippen LogP) is 5.63. The van der Waals surface area contributed by atoms with E-state index in [1.165, 1.54) is 24.3 Å². The van der Waals surface area contributed by atoms with Gasteiger partial charge in [0, 0.05) is 56.0 Å². The van der Waals surface area contributed by atoms with Crippen molar-refractivity contribution in [3.8, 4) is 5.75 Å². The van der Waals surface area contributed by atoms with Gasteiger partial charge in [0.2, 0.25) is 5.78 Å². The zero-order valence-electron chi connectivity index (χ0n) is 20.7. The predicted molar refractivity (Wildman–Crippen MR) is 134 cm³/mol. The second-order valence-corrected chi connectivity index (χ2v) is 10.2. The number of piperidine rings is 2. The smallest absolute Gasteiger partial charge is 0.251 e. The number of hydrogen-bond donors (Lipinski definition) is 0. The Hall–Kier alpha value is -3.00. The van der Waals surface area contributed by atoms with Crippen LogP contribution in [0.5, 0.6) is 5.75 Å². The summed E-state index contributed by atoms with van der Waals surface area (Å²) < 4.78 is 49.3. The van der Waals surface area contributed by atoms with Crippen molar-refractivity contribution in [3.05, 3.63) is 65.6 Å². The summed E-state index contributed by atoms with van der Waals surface area (Å²) in [6, 6.07) is 13.4. The average Bonchev–Trinajstić information content (AvgIpc) is 3.23. The fourth-order valence-electron chi connectivity index (χ4n) is 5.19. The molecule has 0 spiro atoms. The molecule has 0 amide bonds. The number of ether oxygens (including phenoxy) is 1. The van der Waals surface area contributed by atoms with Crippen LogP contribution in [0.25, 0.3) is 10.9 Å². The zero-order chi connectivity index (χ0) is 25.4. The van der Waals surface area contributed by atoms with Gasteiger partial charge in [-0.05, 0) is 75.2 Å². The molecule has 8 heteroatoms. The zero-order valence-corrected chi connectivity index (χ0v) is 20.7. The van der Waals surface area contributed by atoms with Gasteiger partial charge < -0.3 is 14.6 Å². The van der Waals surface area contributed by atoms with E-state index in [4.69, 9.17) is 4.74 Å². The molecule has 0 saturated carbocycles. The molecule has 2 aliphatic heterocycles. The second-order valence-electron chi connectivity index (χ2n) is 10.2.